The number of benzene rings is 1. The quantitative estimate of drug-likeness (QED) is 0.638. The van der Waals surface area contributed by atoms with E-state index in [2.05, 4.69) is 0 Å². The lowest BCUT2D eigenvalue weighted by Crippen LogP contribution is -2.13. The molecular weight excluding hydrogens is 190 g/mol. The zero-order chi connectivity index (χ0) is 10.8. The van der Waals surface area contributed by atoms with Crippen molar-refractivity contribution in [1.82, 2.24) is 0 Å². The Morgan fingerprint density at radius 1 is 1.13 bits per heavy atom. The Balaban J connectivity index is 2.43. The van der Waals surface area contributed by atoms with Gasteiger partial charge in [-0.3, -0.25) is 9.59 Å². The van der Waals surface area contributed by atoms with E-state index in [1.165, 1.54) is 6.08 Å². The molecule has 0 aromatic heterocycles. The predicted octanol–water partition coefficient (Wildman–Crippen LogP) is 1.36. The Morgan fingerprint density at radius 3 is 2.33 bits per heavy atom. The second-order valence-electron chi connectivity index (χ2n) is 3.25. The number of hydrogen-bond acceptors (Lipinski definition) is 3. The fourth-order valence-corrected chi connectivity index (χ4v) is 1.55. The van der Waals surface area contributed by atoms with E-state index in [0.29, 0.717) is 11.1 Å². The molecule has 1 aromatic rings. The van der Waals surface area contributed by atoms with E-state index in [9.17, 15) is 9.59 Å². The molecule has 2 rings (SSSR count). The number of Topliss-reactive ketones (excluding diaryl/α,β-unsaturated/α-hetero) is 1. The smallest absolute Gasteiger partial charge is 0.188 e. The van der Waals surface area contributed by atoms with Gasteiger partial charge in [0.1, 0.15) is 0 Å². The molecule has 0 heterocycles. The molecule has 0 N–H and O–H groups in total. The minimum Gasteiger partial charge on any atom is -0.293 e. The van der Waals surface area contributed by atoms with Gasteiger partial charge in [-0.1, -0.05) is 30.3 Å². The summed E-state index contributed by atoms with van der Waals surface area (Å²) in [6.45, 7) is 0. The molecule has 72 valence electrons. The van der Waals surface area contributed by atoms with Crippen LogP contribution in [0, 0.1) is 17.2 Å². The summed E-state index contributed by atoms with van der Waals surface area (Å²) in [4.78, 5) is 22.9. The monoisotopic (exact) mass is 197 g/mol. The van der Waals surface area contributed by atoms with Crippen molar-refractivity contribution in [2.45, 2.75) is 0 Å². The number of ketones is 2. The zero-order valence-corrected chi connectivity index (χ0v) is 7.81. The number of carbonyl (C=O) groups is 2. The first kappa shape index (κ1) is 9.35. The lowest BCUT2D eigenvalue weighted by atomic mass is 10.0. The third-order valence-corrected chi connectivity index (χ3v) is 2.31. The summed E-state index contributed by atoms with van der Waals surface area (Å²) in [5.74, 6) is -1.95. The number of allylic oxidation sites excluding steroid dienone is 2. The molecular formula is C12H7NO2. The first-order chi connectivity index (χ1) is 7.24. The van der Waals surface area contributed by atoms with E-state index in [4.69, 9.17) is 5.26 Å². The molecule has 15 heavy (non-hydrogen) atoms. The summed E-state index contributed by atoms with van der Waals surface area (Å²) in [6.07, 6.45) is 1.26. The van der Waals surface area contributed by atoms with Gasteiger partial charge in [-0.25, -0.2) is 0 Å². The SMILES string of the molecule is N#CC1C(=O)C=C(c2ccccc2)C1=O. The maximum Gasteiger partial charge on any atom is 0.188 e. The first-order valence-corrected chi connectivity index (χ1v) is 4.49. The highest BCUT2D eigenvalue weighted by Crippen LogP contribution is 2.25. The van der Waals surface area contributed by atoms with Crippen LogP contribution in [0.5, 0.6) is 0 Å². The Kier molecular flexibility index (Phi) is 2.18. The van der Waals surface area contributed by atoms with Gasteiger partial charge in [0.2, 0.25) is 0 Å². The van der Waals surface area contributed by atoms with Crippen LogP contribution in [0.25, 0.3) is 5.57 Å². The van der Waals surface area contributed by atoms with Gasteiger partial charge >= 0.3 is 0 Å². The molecule has 0 bridgehead atoms. The molecule has 3 nitrogen and oxygen atoms in total. The van der Waals surface area contributed by atoms with E-state index in [-0.39, 0.29) is 0 Å². The lowest BCUT2D eigenvalue weighted by molar-refractivity contribution is -0.123. The molecule has 0 fully saturated rings. The lowest BCUT2D eigenvalue weighted by Gasteiger charge is -2.00. The highest BCUT2D eigenvalue weighted by Gasteiger charge is 2.34. The third-order valence-electron chi connectivity index (χ3n) is 2.31. The van der Waals surface area contributed by atoms with Crippen molar-refractivity contribution < 1.29 is 9.59 Å². The minimum atomic E-state index is -1.14. The molecule has 0 aliphatic heterocycles. The molecule has 1 aliphatic rings. The summed E-state index contributed by atoms with van der Waals surface area (Å²) in [5.41, 5.74) is 1.03. The normalized spacial score (nSPS) is 19.9. The van der Waals surface area contributed by atoms with Crippen molar-refractivity contribution in [3.63, 3.8) is 0 Å². The fraction of sp³-hybridized carbons (Fsp3) is 0.0833. The largest absolute Gasteiger partial charge is 0.293 e. The topological polar surface area (TPSA) is 57.9 Å². The van der Waals surface area contributed by atoms with Crippen molar-refractivity contribution in [2.24, 2.45) is 5.92 Å². The second kappa shape index (κ2) is 3.50. The number of rotatable bonds is 1. The van der Waals surface area contributed by atoms with E-state index in [0.717, 1.165) is 0 Å². The van der Waals surface area contributed by atoms with Crippen molar-refractivity contribution >= 4 is 17.1 Å². The van der Waals surface area contributed by atoms with Gasteiger partial charge in [0.25, 0.3) is 0 Å². The van der Waals surface area contributed by atoms with Gasteiger partial charge in [-0.2, -0.15) is 5.26 Å². The van der Waals surface area contributed by atoms with Crippen LogP contribution in [0.1, 0.15) is 5.56 Å². The second-order valence-corrected chi connectivity index (χ2v) is 3.25. The highest BCUT2D eigenvalue weighted by atomic mass is 16.2. The maximum absolute atomic E-state index is 11.6. The van der Waals surface area contributed by atoms with Crippen LogP contribution in [-0.4, -0.2) is 11.6 Å². The van der Waals surface area contributed by atoms with E-state index >= 15 is 0 Å². The summed E-state index contributed by atoms with van der Waals surface area (Å²) in [5, 5.41) is 8.65. The number of hydrogen-bond donors (Lipinski definition) is 0. The summed E-state index contributed by atoms with van der Waals surface area (Å²) >= 11 is 0. The Labute approximate surface area is 86.6 Å². The van der Waals surface area contributed by atoms with Gasteiger partial charge in [0.15, 0.2) is 17.5 Å². The summed E-state index contributed by atoms with van der Waals surface area (Å²) in [7, 11) is 0. The molecule has 0 saturated heterocycles. The maximum atomic E-state index is 11.6. The fourth-order valence-electron chi connectivity index (χ4n) is 1.55. The van der Waals surface area contributed by atoms with E-state index in [1.54, 1.807) is 30.3 Å². The van der Waals surface area contributed by atoms with Crippen molar-refractivity contribution in [3.8, 4) is 6.07 Å². The average molecular weight is 197 g/mol. The van der Waals surface area contributed by atoms with Gasteiger partial charge in [-0.05, 0) is 11.6 Å². The van der Waals surface area contributed by atoms with Crippen LogP contribution in [-0.2, 0) is 9.59 Å². The predicted molar refractivity (Wildman–Crippen MR) is 53.5 cm³/mol. The summed E-state index contributed by atoms with van der Waals surface area (Å²) < 4.78 is 0. The molecule has 0 radical (unpaired) electrons. The third kappa shape index (κ3) is 1.46. The van der Waals surface area contributed by atoms with Crippen molar-refractivity contribution in [2.75, 3.05) is 0 Å². The zero-order valence-electron chi connectivity index (χ0n) is 7.81. The van der Waals surface area contributed by atoms with E-state index in [1.807, 2.05) is 6.07 Å². The Hall–Kier alpha value is -2.21. The van der Waals surface area contributed by atoms with E-state index < -0.39 is 17.5 Å². The average Bonchev–Trinajstić information content (AvgIpc) is 2.55. The van der Waals surface area contributed by atoms with Gasteiger partial charge < -0.3 is 0 Å². The number of carbonyl (C=O) groups excluding carboxylic acids is 2. The van der Waals surface area contributed by atoms with Crippen molar-refractivity contribution in [3.05, 3.63) is 42.0 Å². The molecule has 0 spiro atoms. The molecule has 0 amide bonds. The van der Waals surface area contributed by atoms with Crippen LogP contribution in [0.3, 0.4) is 0 Å². The molecule has 0 saturated carbocycles. The summed E-state index contributed by atoms with van der Waals surface area (Å²) in [6, 6.07) is 10.6. The van der Waals surface area contributed by atoms with Crippen LogP contribution < -0.4 is 0 Å². The molecule has 1 aromatic carbocycles. The first-order valence-electron chi connectivity index (χ1n) is 4.49. The van der Waals surface area contributed by atoms with Gasteiger partial charge in [-0.15, -0.1) is 0 Å². The van der Waals surface area contributed by atoms with Crippen LogP contribution in [0.15, 0.2) is 36.4 Å². The molecule has 3 heteroatoms. The molecule has 1 aliphatic carbocycles. The minimum absolute atomic E-state index is 0.340. The van der Waals surface area contributed by atoms with Gasteiger partial charge in [0, 0.05) is 5.57 Å². The number of nitrogens with zero attached hydrogens (tertiary/aromatic N) is 1. The van der Waals surface area contributed by atoms with Gasteiger partial charge in [0.05, 0.1) is 6.07 Å². The van der Waals surface area contributed by atoms with Crippen LogP contribution in [0.4, 0.5) is 0 Å². The van der Waals surface area contributed by atoms with Crippen molar-refractivity contribution in [1.29, 1.82) is 5.26 Å². The molecule has 1 unspecified atom stereocenters. The number of nitriles is 1. The Morgan fingerprint density at radius 2 is 1.80 bits per heavy atom. The standard InChI is InChI=1S/C12H7NO2/c13-7-10-11(14)6-9(12(10)15)8-4-2-1-3-5-8/h1-6,10H. The molecule has 1 atom stereocenters. The highest BCUT2D eigenvalue weighted by molar-refractivity contribution is 6.38. The van der Waals surface area contributed by atoms with Crippen LogP contribution in [0.2, 0.25) is 0 Å². The van der Waals surface area contributed by atoms with Crippen LogP contribution >= 0.6 is 0 Å². The Bertz CT molecular complexity index is 494.